The van der Waals surface area contributed by atoms with Crippen LogP contribution in [0.25, 0.3) is 11.1 Å². The number of rotatable bonds is 20. The van der Waals surface area contributed by atoms with Gasteiger partial charge in [0.1, 0.15) is 24.2 Å². The molecule has 0 heterocycles. The first-order valence-electron chi connectivity index (χ1n) is 14.5. The fourth-order valence-electron chi connectivity index (χ4n) is 4.30. The molecule has 0 spiro atoms. The highest BCUT2D eigenvalue weighted by molar-refractivity contribution is 5.66. The van der Waals surface area contributed by atoms with Gasteiger partial charge in [0, 0.05) is 6.42 Å². The van der Waals surface area contributed by atoms with Crippen LogP contribution in [0.15, 0.2) is 42.5 Å². The number of halogens is 13. The van der Waals surface area contributed by atoms with Crippen LogP contribution in [0, 0.1) is 0 Å². The number of aryl methyl sites for hydroxylation is 1. The predicted molar refractivity (Wildman–Crippen MR) is 147 cm³/mol. The van der Waals surface area contributed by atoms with Gasteiger partial charge in [-0.1, -0.05) is 18.2 Å². The Bertz CT molecular complexity index is 1320. The molecule has 49 heavy (non-hydrogen) atoms. The lowest BCUT2D eigenvalue weighted by Crippen LogP contribution is -2.70. The first-order chi connectivity index (χ1) is 22.5. The molecular weight excluding hydrogens is 703 g/mol. The van der Waals surface area contributed by atoms with Crippen molar-refractivity contribution in [3.63, 3.8) is 0 Å². The largest absolute Gasteiger partial charge is 0.493 e. The van der Waals surface area contributed by atoms with Crippen LogP contribution >= 0.6 is 0 Å². The van der Waals surface area contributed by atoms with E-state index in [1.807, 2.05) is 0 Å². The van der Waals surface area contributed by atoms with Crippen LogP contribution in [0.5, 0.6) is 11.5 Å². The maximum Gasteiger partial charge on any atom is 0.460 e. The highest BCUT2D eigenvalue weighted by atomic mass is 19.4. The van der Waals surface area contributed by atoms with Crippen LogP contribution in [0.3, 0.4) is 0 Å². The normalized spacial score (nSPS) is 14.9. The van der Waals surface area contributed by atoms with Crippen molar-refractivity contribution in [2.45, 2.75) is 86.5 Å². The molecule has 0 saturated heterocycles. The molecule has 2 aromatic carbocycles. The molecule has 19 heteroatoms. The number of aliphatic hydroxyl groups excluding tert-OH is 4. The molecular formula is C30H33F13O6. The average Bonchev–Trinajstić information content (AvgIpc) is 3.02. The molecule has 4 N–H and O–H groups in total. The summed E-state index contributed by atoms with van der Waals surface area (Å²) in [6, 6.07) is 10.0. The minimum Gasteiger partial charge on any atom is -0.493 e. The second-order valence-corrected chi connectivity index (χ2v) is 11.0. The molecule has 0 aliphatic rings. The summed E-state index contributed by atoms with van der Waals surface area (Å²) >= 11 is 0. The van der Waals surface area contributed by atoms with Crippen LogP contribution in [-0.4, -0.2) is 94.9 Å². The van der Waals surface area contributed by atoms with Crippen LogP contribution < -0.4 is 9.47 Å². The second-order valence-electron chi connectivity index (χ2n) is 11.0. The zero-order valence-electron chi connectivity index (χ0n) is 25.3. The molecule has 0 aromatic heterocycles. The number of unbranched alkanes of at least 4 members (excludes halogenated alkanes) is 1. The lowest BCUT2D eigenvalue weighted by molar-refractivity contribution is -0.440. The Kier molecular flexibility index (Phi) is 14.0. The molecule has 2 rings (SSSR count). The average molecular weight is 737 g/mol. The first kappa shape index (κ1) is 42.1. The Morgan fingerprint density at radius 1 is 0.592 bits per heavy atom. The molecule has 2 unspecified atom stereocenters. The second kappa shape index (κ2) is 16.3. The fraction of sp³-hybridized carbons (Fsp3) is 0.600. The lowest BCUT2D eigenvalue weighted by Gasteiger charge is -2.39. The Balaban J connectivity index is 2.31. The number of hydrogen-bond donors (Lipinski definition) is 4. The van der Waals surface area contributed by atoms with Gasteiger partial charge in [-0.05, 0) is 73.1 Å². The van der Waals surface area contributed by atoms with Crippen molar-refractivity contribution >= 4 is 0 Å². The van der Waals surface area contributed by atoms with Crippen molar-refractivity contribution in [2.24, 2.45) is 0 Å². The summed E-state index contributed by atoms with van der Waals surface area (Å²) in [7, 11) is 0. The summed E-state index contributed by atoms with van der Waals surface area (Å²) in [6.07, 6.45) is -13.0. The fourth-order valence-corrected chi connectivity index (χ4v) is 4.30. The molecule has 0 fully saturated rings. The van der Waals surface area contributed by atoms with Gasteiger partial charge in [-0.3, -0.25) is 0 Å². The summed E-state index contributed by atoms with van der Waals surface area (Å²) in [6.45, 7) is -1.36. The van der Waals surface area contributed by atoms with Crippen molar-refractivity contribution in [3.8, 4) is 22.6 Å². The third-order valence-corrected chi connectivity index (χ3v) is 7.24. The molecule has 6 nitrogen and oxygen atoms in total. The van der Waals surface area contributed by atoms with Crippen molar-refractivity contribution in [1.29, 1.82) is 0 Å². The molecule has 280 valence electrons. The Hall–Kier alpha value is -3.03. The number of hydrogen-bond acceptors (Lipinski definition) is 6. The van der Waals surface area contributed by atoms with E-state index in [1.54, 1.807) is 0 Å². The number of aliphatic hydroxyl groups is 4. The highest BCUT2D eigenvalue weighted by Gasteiger charge is 2.90. The number of benzene rings is 2. The summed E-state index contributed by atoms with van der Waals surface area (Å²) < 4.78 is 186. The monoisotopic (exact) mass is 736 g/mol. The van der Waals surface area contributed by atoms with Crippen molar-refractivity contribution in [3.05, 3.63) is 48.0 Å². The van der Waals surface area contributed by atoms with Crippen molar-refractivity contribution < 1.29 is 87.0 Å². The number of ether oxygens (including phenoxy) is 2. The van der Waals surface area contributed by atoms with Gasteiger partial charge in [-0.15, -0.1) is 0 Å². The Morgan fingerprint density at radius 3 is 1.69 bits per heavy atom. The third-order valence-electron chi connectivity index (χ3n) is 7.24. The molecule has 0 aliphatic heterocycles. The van der Waals surface area contributed by atoms with Gasteiger partial charge in [0.25, 0.3) is 0 Å². The smallest absolute Gasteiger partial charge is 0.460 e. The molecule has 0 bridgehead atoms. The standard InChI is InChI=1S/C30H33F13O6/c31-25(32,26(33,34)27(35,36)28(37,38)29(39,40)30(41,42)43)12-3-4-20-14-19(8-11-24(20)48-13-2-1-5-21(46)15-44)18-6-9-23(10-7-18)49-17-22(47)16-45/h6-11,14,21-22,44-47H,1-5,12-13,15-17H2. The van der Waals surface area contributed by atoms with Gasteiger partial charge in [-0.2, -0.15) is 57.1 Å². The molecule has 0 radical (unpaired) electrons. The lowest BCUT2D eigenvalue weighted by atomic mass is 9.91. The maximum absolute atomic E-state index is 14.4. The quantitative estimate of drug-likeness (QED) is 0.0860. The van der Waals surface area contributed by atoms with Crippen LogP contribution in [0.4, 0.5) is 57.1 Å². The van der Waals surface area contributed by atoms with E-state index >= 15 is 0 Å². The van der Waals surface area contributed by atoms with E-state index in [0.717, 1.165) is 0 Å². The molecule has 0 amide bonds. The van der Waals surface area contributed by atoms with Crippen molar-refractivity contribution in [2.75, 3.05) is 26.4 Å². The van der Waals surface area contributed by atoms with Crippen LogP contribution in [0.2, 0.25) is 0 Å². The third kappa shape index (κ3) is 9.61. The van der Waals surface area contributed by atoms with E-state index in [4.69, 9.17) is 19.7 Å². The zero-order chi connectivity index (χ0) is 37.5. The van der Waals surface area contributed by atoms with Gasteiger partial charge >= 0.3 is 35.8 Å². The van der Waals surface area contributed by atoms with E-state index in [9.17, 15) is 67.3 Å². The van der Waals surface area contributed by atoms with Gasteiger partial charge in [0.15, 0.2) is 0 Å². The first-order valence-corrected chi connectivity index (χ1v) is 14.5. The van der Waals surface area contributed by atoms with Crippen molar-refractivity contribution in [1.82, 2.24) is 0 Å². The van der Waals surface area contributed by atoms with E-state index in [-0.39, 0.29) is 36.7 Å². The SMILES string of the molecule is OCC(O)CCCCOc1ccc(-c2ccc(OCC(O)CO)cc2)cc1CCCC(F)(F)C(F)(F)C(F)(F)C(F)(F)C(F)(F)C(F)(F)F. The summed E-state index contributed by atoms with van der Waals surface area (Å²) in [5.41, 5.74) is 0.803. The van der Waals surface area contributed by atoms with Gasteiger partial charge in [-0.25, -0.2) is 0 Å². The predicted octanol–water partition coefficient (Wildman–Crippen LogP) is 7.05. The Labute approximate surface area is 271 Å². The minimum absolute atomic E-state index is 0.000835. The van der Waals surface area contributed by atoms with Gasteiger partial charge < -0.3 is 29.9 Å². The zero-order valence-corrected chi connectivity index (χ0v) is 25.3. The summed E-state index contributed by atoms with van der Waals surface area (Å²) in [5.74, 6) is -36.9. The molecule has 2 atom stereocenters. The van der Waals surface area contributed by atoms with E-state index in [2.05, 4.69) is 0 Å². The van der Waals surface area contributed by atoms with Crippen LogP contribution in [0.1, 0.15) is 37.7 Å². The topological polar surface area (TPSA) is 99.4 Å². The maximum atomic E-state index is 14.4. The molecule has 2 aromatic rings. The van der Waals surface area contributed by atoms with Gasteiger partial charge in [0.05, 0.1) is 25.9 Å². The van der Waals surface area contributed by atoms with Crippen LogP contribution in [-0.2, 0) is 6.42 Å². The van der Waals surface area contributed by atoms with E-state index < -0.39 is 80.5 Å². The number of alkyl halides is 13. The Morgan fingerprint density at radius 2 is 1.14 bits per heavy atom. The molecule has 0 saturated carbocycles. The summed E-state index contributed by atoms with van der Waals surface area (Å²) in [4.78, 5) is 0. The van der Waals surface area contributed by atoms with E-state index in [1.165, 1.54) is 42.5 Å². The summed E-state index contributed by atoms with van der Waals surface area (Å²) in [5, 5.41) is 36.6. The molecule has 0 aliphatic carbocycles. The highest BCUT2D eigenvalue weighted by Crippen LogP contribution is 2.60. The minimum atomic E-state index is -7.97. The van der Waals surface area contributed by atoms with Gasteiger partial charge in [0.2, 0.25) is 0 Å². The van der Waals surface area contributed by atoms with E-state index in [0.29, 0.717) is 24.0 Å².